The topological polar surface area (TPSA) is 87.5 Å². The van der Waals surface area contributed by atoms with Gasteiger partial charge >= 0.3 is 11.9 Å². The predicted octanol–water partition coefficient (Wildman–Crippen LogP) is 3.44. The van der Waals surface area contributed by atoms with Gasteiger partial charge in [0.25, 0.3) is 0 Å². The normalized spacial score (nSPS) is 12.7. The lowest BCUT2D eigenvalue weighted by Crippen LogP contribution is -2.20. The minimum absolute atomic E-state index is 0.322. The summed E-state index contributed by atoms with van der Waals surface area (Å²) in [7, 11) is 0. The van der Waals surface area contributed by atoms with Crippen molar-refractivity contribution in [1.82, 2.24) is 4.98 Å². The summed E-state index contributed by atoms with van der Waals surface area (Å²) in [5, 5.41) is 16.8. The van der Waals surface area contributed by atoms with Gasteiger partial charge < -0.3 is 10.2 Å². The molecule has 7 heteroatoms. The molecule has 0 fully saturated rings. The van der Waals surface area contributed by atoms with Crippen LogP contribution in [0.15, 0.2) is 22.5 Å². The van der Waals surface area contributed by atoms with Crippen molar-refractivity contribution in [3.05, 3.63) is 23.8 Å². The van der Waals surface area contributed by atoms with Crippen LogP contribution in [0.3, 0.4) is 0 Å². The molecular formula is C14H15NO4S2. The Labute approximate surface area is 130 Å². The molecule has 0 aliphatic carbocycles. The van der Waals surface area contributed by atoms with E-state index in [2.05, 4.69) is 18.8 Å². The van der Waals surface area contributed by atoms with Crippen molar-refractivity contribution in [1.29, 1.82) is 0 Å². The number of hydrogen-bond donors (Lipinski definition) is 2. The third-order valence-electron chi connectivity index (χ3n) is 2.93. The summed E-state index contributed by atoms with van der Waals surface area (Å²) >= 11 is 2.40. The smallest absolute Gasteiger partial charge is 0.317 e. The predicted molar refractivity (Wildman–Crippen MR) is 83.2 cm³/mol. The quantitative estimate of drug-likeness (QED) is 0.791. The Morgan fingerprint density at radius 3 is 2.62 bits per heavy atom. The molecule has 21 heavy (non-hydrogen) atoms. The van der Waals surface area contributed by atoms with E-state index in [1.165, 1.54) is 11.3 Å². The van der Waals surface area contributed by atoms with Crippen molar-refractivity contribution in [3.8, 4) is 0 Å². The molecule has 2 aromatic rings. The minimum atomic E-state index is -1.13. The number of aromatic nitrogens is 1. The Bertz CT molecular complexity index is 681. The Morgan fingerprint density at radius 2 is 2.05 bits per heavy atom. The van der Waals surface area contributed by atoms with Crippen LogP contribution in [-0.4, -0.2) is 32.4 Å². The van der Waals surface area contributed by atoms with Gasteiger partial charge in [-0.15, -0.1) is 11.3 Å². The molecule has 1 heterocycles. The summed E-state index contributed by atoms with van der Waals surface area (Å²) in [6.07, 6.45) is -0.424. The van der Waals surface area contributed by atoms with Crippen molar-refractivity contribution in [2.24, 2.45) is 0 Å². The number of fused-ring (bicyclic) bond motifs is 1. The second-order valence-corrected chi connectivity index (χ2v) is 7.35. The fraction of sp³-hybridized carbons (Fsp3) is 0.357. The van der Waals surface area contributed by atoms with Gasteiger partial charge in [0, 0.05) is 0 Å². The van der Waals surface area contributed by atoms with Crippen molar-refractivity contribution in [3.63, 3.8) is 0 Å². The van der Waals surface area contributed by atoms with Gasteiger partial charge in [-0.05, 0) is 17.5 Å². The van der Waals surface area contributed by atoms with Crippen molar-refractivity contribution < 1.29 is 19.8 Å². The van der Waals surface area contributed by atoms with Crippen LogP contribution in [-0.2, 0) is 9.59 Å². The highest BCUT2D eigenvalue weighted by molar-refractivity contribution is 8.02. The first-order chi connectivity index (χ1) is 9.88. The lowest BCUT2D eigenvalue weighted by atomic mass is 10.0. The third-order valence-corrected chi connectivity index (χ3v) is 5.23. The number of carboxylic acid groups (broad SMARTS) is 2. The van der Waals surface area contributed by atoms with Gasteiger partial charge in [-0.1, -0.05) is 37.7 Å². The van der Waals surface area contributed by atoms with E-state index in [0.717, 1.165) is 27.5 Å². The minimum Gasteiger partial charge on any atom is -0.481 e. The summed E-state index contributed by atoms with van der Waals surface area (Å²) in [4.78, 5) is 26.3. The van der Waals surface area contributed by atoms with Crippen LogP contribution in [0.2, 0.25) is 0 Å². The summed E-state index contributed by atoms with van der Waals surface area (Å²) in [5.74, 6) is -1.94. The molecule has 0 radical (unpaired) electrons. The number of thiazole rings is 1. The molecule has 1 aromatic carbocycles. The number of rotatable bonds is 6. The average Bonchev–Trinajstić information content (AvgIpc) is 2.78. The largest absolute Gasteiger partial charge is 0.481 e. The second kappa shape index (κ2) is 6.44. The molecule has 112 valence electrons. The molecule has 0 bridgehead atoms. The number of aliphatic carboxylic acids is 2. The molecule has 0 amide bonds. The molecule has 5 nitrogen and oxygen atoms in total. The Kier molecular flexibility index (Phi) is 4.84. The molecule has 1 atom stereocenters. The zero-order chi connectivity index (χ0) is 15.6. The molecule has 0 saturated carbocycles. The summed E-state index contributed by atoms with van der Waals surface area (Å²) < 4.78 is 1.58. The van der Waals surface area contributed by atoms with Crippen molar-refractivity contribution in [2.45, 2.75) is 35.8 Å². The number of nitrogens with zero attached hydrogens (tertiary/aromatic N) is 1. The molecule has 1 aromatic heterocycles. The van der Waals surface area contributed by atoms with Gasteiger partial charge in [0.05, 0.1) is 16.6 Å². The first-order valence-electron chi connectivity index (χ1n) is 6.39. The van der Waals surface area contributed by atoms with Gasteiger partial charge in [-0.2, -0.15) is 0 Å². The molecule has 1 unspecified atom stereocenters. The zero-order valence-corrected chi connectivity index (χ0v) is 13.2. The molecule has 0 spiro atoms. The van der Waals surface area contributed by atoms with Gasteiger partial charge in [0.1, 0.15) is 5.25 Å². The SMILES string of the molecule is CC(C)c1cccc2sc(SC(CC(=O)O)C(=O)O)nc12. The fourth-order valence-corrected chi connectivity index (χ4v) is 4.18. The van der Waals surface area contributed by atoms with E-state index in [9.17, 15) is 9.59 Å². The van der Waals surface area contributed by atoms with E-state index in [4.69, 9.17) is 10.2 Å². The molecule has 0 saturated heterocycles. The van der Waals surface area contributed by atoms with Crippen LogP contribution in [0.5, 0.6) is 0 Å². The highest BCUT2D eigenvalue weighted by Gasteiger charge is 2.24. The molecule has 0 aliphatic heterocycles. The highest BCUT2D eigenvalue weighted by atomic mass is 32.2. The maximum absolute atomic E-state index is 11.1. The third kappa shape index (κ3) is 3.74. The van der Waals surface area contributed by atoms with Crippen LogP contribution >= 0.6 is 23.1 Å². The zero-order valence-electron chi connectivity index (χ0n) is 11.6. The number of carboxylic acids is 2. The van der Waals surface area contributed by atoms with Crippen LogP contribution in [0, 0.1) is 0 Å². The lowest BCUT2D eigenvalue weighted by Gasteiger charge is -2.06. The van der Waals surface area contributed by atoms with Crippen LogP contribution in [0.1, 0.15) is 31.7 Å². The molecule has 2 N–H and O–H groups in total. The summed E-state index contributed by atoms with van der Waals surface area (Å²) in [5.41, 5.74) is 1.99. The monoisotopic (exact) mass is 325 g/mol. The number of hydrogen-bond acceptors (Lipinski definition) is 5. The van der Waals surface area contributed by atoms with E-state index >= 15 is 0 Å². The van der Waals surface area contributed by atoms with E-state index < -0.39 is 23.6 Å². The van der Waals surface area contributed by atoms with E-state index in [0.29, 0.717) is 10.3 Å². The van der Waals surface area contributed by atoms with E-state index in [-0.39, 0.29) is 0 Å². The number of carbonyl (C=O) groups is 2. The fourth-order valence-electron chi connectivity index (χ4n) is 1.93. The van der Waals surface area contributed by atoms with Crippen LogP contribution < -0.4 is 0 Å². The van der Waals surface area contributed by atoms with Gasteiger partial charge in [-0.25, -0.2) is 4.98 Å². The van der Waals surface area contributed by atoms with Gasteiger partial charge in [0.15, 0.2) is 4.34 Å². The number of thioether (sulfide) groups is 1. The number of benzene rings is 1. The average molecular weight is 325 g/mol. The number of para-hydroxylation sites is 1. The van der Waals surface area contributed by atoms with Crippen LogP contribution in [0.25, 0.3) is 10.2 Å². The van der Waals surface area contributed by atoms with Gasteiger partial charge in [-0.3, -0.25) is 9.59 Å². The second-order valence-electron chi connectivity index (χ2n) is 4.87. The maximum atomic E-state index is 11.1. The maximum Gasteiger partial charge on any atom is 0.317 e. The molecular weight excluding hydrogens is 310 g/mol. The molecule has 2 rings (SSSR count). The first-order valence-corrected chi connectivity index (χ1v) is 8.08. The van der Waals surface area contributed by atoms with Crippen molar-refractivity contribution >= 4 is 45.3 Å². The lowest BCUT2D eigenvalue weighted by molar-refractivity contribution is -0.142. The Balaban J connectivity index is 2.32. The molecule has 0 aliphatic rings. The standard InChI is InChI=1S/C14H15NO4S2/c1-7(2)8-4-3-5-9-12(8)15-14(20-9)21-10(13(18)19)6-11(16)17/h3-5,7,10H,6H2,1-2H3,(H,16,17)(H,18,19). The highest BCUT2D eigenvalue weighted by Crippen LogP contribution is 2.36. The van der Waals surface area contributed by atoms with Crippen molar-refractivity contribution in [2.75, 3.05) is 0 Å². The Morgan fingerprint density at radius 1 is 1.33 bits per heavy atom. The van der Waals surface area contributed by atoms with E-state index in [1.54, 1.807) is 0 Å². The van der Waals surface area contributed by atoms with Gasteiger partial charge in [0.2, 0.25) is 0 Å². The van der Waals surface area contributed by atoms with Crippen LogP contribution in [0.4, 0.5) is 0 Å². The Hall–Kier alpha value is -1.60. The first kappa shape index (κ1) is 15.8. The van der Waals surface area contributed by atoms with E-state index in [1.807, 2.05) is 18.2 Å². The summed E-state index contributed by atoms with van der Waals surface area (Å²) in [6.45, 7) is 4.15. The summed E-state index contributed by atoms with van der Waals surface area (Å²) in [6, 6.07) is 5.90.